The fraction of sp³-hybridized carbons (Fsp3) is 0. The van der Waals surface area contributed by atoms with E-state index in [-0.39, 0.29) is 0 Å². The van der Waals surface area contributed by atoms with Gasteiger partial charge in [0.1, 0.15) is 0 Å². The molecule has 0 aliphatic heterocycles. The molecule has 90 valence electrons. The van der Waals surface area contributed by atoms with Crippen LogP contribution in [0, 0.1) is 24.7 Å². The first kappa shape index (κ1) is 10.9. The fourth-order valence-electron chi connectivity index (χ4n) is 3.07. The third-order valence-corrected chi connectivity index (χ3v) is 3.96. The molecule has 4 aromatic carbocycles. The Labute approximate surface area is 117 Å². The Bertz CT molecular complexity index is 974. The van der Waals surface area contributed by atoms with Crippen LogP contribution in [-0.4, -0.2) is 0 Å². The van der Waals surface area contributed by atoms with Crippen LogP contribution in [0.15, 0.2) is 48.5 Å². The molecular formula is C20H10. The van der Waals surface area contributed by atoms with E-state index in [1.54, 1.807) is 0 Å². The monoisotopic (exact) mass is 250 g/mol. The number of hydrogen-bond acceptors (Lipinski definition) is 0. The summed E-state index contributed by atoms with van der Waals surface area (Å²) in [5, 5.41) is 7.08. The molecule has 4 aromatic rings. The molecular weight excluding hydrogens is 240 g/mol. The molecule has 0 amide bonds. The minimum absolute atomic E-state index is 0.865. The van der Waals surface area contributed by atoms with E-state index in [2.05, 4.69) is 54.3 Å². The van der Waals surface area contributed by atoms with E-state index in [4.69, 9.17) is 12.8 Å². The minimum Gasteiger partial charge on any atom is -0.115 e. The summed E-state index contributed by atoms with van der Waals surface area (Å²) in [6, 6.07) is 16.7. The molecule has 0 spiro atoms. The van der Waals surface area contributed by atoms with Crippen LogP contribution in [0.3, 0.4) is 0 Å². The largest absolute Gasteiger partial charge is 0.115 e. The third kappa shape index (κ3) is 1.23. The van der Waals surface area contributed by atoms with Gasteiger partial charge in [-0.2, -0.15) is 0 Å². The van der Waals surface area contributed by atoms with Gasteiger partial charge in [-0.1, -0.05) is 54.3 Å². The molecule has 0 aliphatic rings. The zero-order valence-corrected chi connectivity index (χ0v) is 10.8. The number of terminal acetylenes is 2. The van der Waals surface area contributed by atoms with E-state index in [9.17, 15) is 0 Å². The van der Waals surface area contributed by atoms with Gasteiger partial charge in [-0.15, -0.1) is 12.8 Å². The maximum absolute atomic E-state index is 5.65. The van der Waals surface area contributed by atoms with E-state index >= 15 is 0 Å². The predicted molar refractivity (Wildman–Crippen MR) is 86.0 cm³/mol. The lowest BCUT2D eigenvalue weighted by Crippen LogP contribution is -1.90. The molecule has 20 heavy (non-hydrogen) atoms. The van der Waals surface area contributed by atoms with Crippen LogP contribution in [0.2, 0.25) is 0 Å². The van der Waals surface area contributed by atoms with Crippen molar-refractivity contribution in [2.45, 2.75) is 0 Å². The van der Waals surface area contributed by atoms with Crippen molar-refractivity contribution in [3.63, 3.8) is 0 Å². The third-order valence-electron chi connectivity index (χ3n) is 3.96. The average molecular weight is 250 g/mol. The summed E-state index contributed by atoms with van der Waals surface area (Å²) in [4.78, 5) is 0. The molecule has 0 bridgehead atoms. The molecule has 0 aliphatic carbocycles. The Morgan fingerprint density at radius 2 is 1.20 bits per heavy atom. The lowest BCUT2D eigenvalue weighted by Gasteiger charge is -2.13. The van der Waals surface area contributed by atoms with E-state index in [0.717, 1.165) is 21.9 Å². The molecule has 0 radical (unpaired) electrons. The Morgan fingerprint density at radius 1 is 0.650 bits per heavy atom. The highest BCUT2D eigenvalue weighted by atomic mass is 14.1. The van der Waals surface area contributed by atoms with Gasteiger partial charge in [0.25, 0.3) is 0 Å². The van der Waals surface area contributed by atoms with Crippen molar-refractivity contribution in [3.8, 4) is 24.7 Å². The van der Waals surface area contributed by atoms with Crippen molar-refractivity contribution in [2.24, 2.45) is 0 Å². The number of benzene rings is 4. The molecule has 0 saturated heterocycles. The Morgan fingerprint density at radius 3 is 1.70 bits per heavy atom. The number of hydrogen-bond donors (Lipinski definition) is 0. The van der Waals surface area contributed by atoms with Crippen LogP contribution in [-0.2, 0) is 0 Å². The molecule has 0 nitrogen and oxygen atoms in total. The molecule has 0 N–H and O–H groups in total. The topological polar surface area (TPSA) is 0 Å². The summed E-state index contributed by atoms with van der Waals surface area (Å²) in [6.07, 6.45) is 11.3. The SMILES string of the molecule is C#Cc1cc(C#C)c2ccc3cccc4ccc1c2c43. The quantitative estimate of drug-likeness (QED) is 0.317. The van der Waals surface area contributed by atoms with Crippen molar-refractivity contribution in [2.75, 3.05) is 0 Å². The molecule has 0 aromatic heterocycles. The van der Waals surface area contributed by atoms with Gasteiger partial charge in [0, 0.05) is 11.1 Å². The first-order chi connectivity index (χ1) is 9.83. The van der Waals surface area contributed by atoms with Gasteiger partial charge in [-0.25, -0.2) is 0 Å². The van der Waals surface area contributed by atoms with Gasteiger partial charge in [-0.05, 0) is 38.4 Å². The van der Waals surface area contributed by atoms with Gasteiger partial charge in [0.05, 0.1) is 0 Å². The smallest absolute Gasteiger partial charge is 0.0334 e. The molecule has 0 saturated carbocycles. The van der Waals surface area contributed by atoms with Crippen molar-refractivity contribution in [3.05, 3.63) is 59.7 Å². The van der Waals surface area contributed by atoms with Gasteiger partial charge < -0.3 is 0 Å². The van der Waals surface area contributed by atoms with Crippen LogP contribution in [0.5, 0.6) is 0 Å². The van der Waals surface area contributed by atoms with Crippen LogP contribution >= 0.6 is 0 Å². The van der Waals surface area contributed by atoms with Crippen molar-refractivity contribution >= 4 is 32.3 Å². The van der Waals surface area contributed by atoms with E-state index < -0.39 is 0 Å². The second-order valence-electron chi connectivity index (χ2n) is 4.94. The van der Waals surface area contributed by atoms with Gasteiger partial charge in [-0.3, -0.25) is 0 Å². The summed E-state index contributed by atoms with van der Waals surface area (Å²) < 4.78 is 0. The zero-order chi connectivity index (χ0) is 13.7. The summed E-state index contributed by atoms with van der Waals surface area (Å²) in [5.74, 6) is 5.52. The normalized spacial score (nSPS) is 10.9. The van der Waals surface area contributed by atoms with Gasteiger partial charge >= 0.3 is 0 Å². The first-order valence-corrected chi connectivity index (χ1v) is 6.47. The highest BCUT2D eigenvalue weighted by Crippen LogP contribution is 2.37. The maximum atomic E-state index is 5.65. The number of rotatable bonds is 0. The van der Waals surface area contributed by atoms with Crippen molar-refractivity contribution in [1.82, 2.24) is 0 Å². The lowest BCUT2D eigenvalue weighted by molar-refractivity contribution is 1.70. The second kappa shape index (κ2) is 3.77. The van der Waals surface area contributed by atoms with Crippen LogP contribution in [0.25, 0.3) is 32.3 Å². The van der Waals surface area contributed by atoms with E-state index in [0.29, 0.717) is 0 Å². The van der Waals surface area contributed by atoms with Crippen LogP contribution in [0.1, 0.15) is 11.1 Å². The molecule has 0 atom stereocenters. The fourth-order valence-corrected chi connectivity index (χ4v) is 3.07. The summed E-state index contributed by atoms with van der Waals surface area (Å²) in [6.45, 7) is 0. The molecule has 0 heteroatoms. The standard InChI is InChI=1S/C20H10/c1-3-13-12-14(4-2)18-11-9-16-7-5-6-15-8-10-17(13)20(18)19(15)16/h1-2,5-12H. The van der Waals surface area contributed by atoms with Crippen molar-refractivity contribution in [1.29, 1.82) is 0 Å². The Balaban J connectivity index is 2.45. The predicted octanol–water partition coefficient (Wildman–Crippen LogP) is 4.55. The zero-order valence-electron chi connectivity index (χ0n) is 10.8. The second-order valence-corrected chi connectivity index (χ2v) is 4.94. The lowest BCUT2D eigenvalue weighted by atomic mass is 9.89. The molecule has 0 fully saturated rings. The summed E-state index contributed by atoms with van der Waals surface area (Å²) in [7, 11) is 0. The first-order valence-electron chi connectivity index (χ1n) is 6.47. The Kier molecular flexibility index (Phi) is 2.06. The molecule has 0 unspecified atom stereocenters. The highest BCUT2D eigenvalue weighted by Gasteiger charge is 2.12. The minimum atomic E-state index is 0.865. The van der Waals surface area contributed by atoms with E-state index in [1.165, 1.54) is 21.5 Å². The average Bonchev–Trinajstić information content (AvgIpc) is 2.52. The van der Waals surface area contributed by atoms with E-state index in [1.807, 2.05) is 6.07 Å². The Hall–Kier alpha value is -2.96. The maximum Gasteiger partial charge on any atom is 0.0334 e. The van der Waals surface area contributed by atoms with Gasteiger partial charge in [0.2, 0.25) is 0 Å². The molecule has 0 heterocycles. The van der Waals surface area contributed by atoms with Crippen LogP contribution in [0.4, 0.5) is 0 Å². The van der Waals surface area contributed by atoms with Crippen LogP contribution < -0.4 is 0 Å². The summed E-state index contributed by atoms with van der Waals surface area (Å²) >= 11 is 0. The molecule has 4 rings (SSSR count). The van der Waals surface area contributed by atoms with Gasteiger partial charge in [0.15, 0.2) is 0 Å². The van der Waals surface area contributed by atoms with Crippen molar-refractivity contribution < 1.29 is 0 Å². The highest BCUT2D eigenvalue weighted by molar-refractivity contribution is 6.24. The summed E-state index contributed by atoms with van der Waals surface area (Å²) in [5.41, 5.74) is 1.73.